The fourth-order valence-electron chi connectivity index (χ4n) is 2.37. The molecule has 3 atom stereocenters. The summed E-state index contributed by atoms with van der Waals surface area (Å²) in [6, 6.07) is 0. The van der Waals surface area contributed by atoms with Crippen LogP contribution in [0.5, 0.6) is 0 Å². The van der Waals surface area contributed by atoms with Gasteiger partial charge in [0.25, 0.3) is 0 Å². The number of aliphatic hydroxyl groups is 2. The van der Waals surface area contributed by atoms with E-state index in [4.69, 9.17) is 9.84 Å². The first kappa shape index (κ1) is 13.9. The van der Waals surface area contributed by atoms with Crippen LogP contribution in [0, 0.1) is 0 Å². The standard InChI is InChI=1S/C12H15N5O4/c1-6(19)16-11-10-12(14-4-13-11)17(5-15-10)9-2-7(20)8(3-18)21-9/h4-5,7-9,18,20H,2-3H2,1H3,(H,13,14,16,19)/t7-,8?,9-/m1/s1. The second kappa shape index (κ2) is 5.35. The normalized spacial score (nSPS) is 25.4. The Kier molecular flexibility index (Phi) is 3.53. The van der Waals surface area contributed by atoms with Crippen LogP contribution in [-0.2, 0) is 9.53 Å². The highest BCUT2D eigenvalue weighted by Crippen LogP contribution is 2.31. The third-order valence-electron chi connectivity index (χ3n) is 3.35. The zero-order valence-corrected chi connectivity index (χ0v) is 11.3. The predicted molar refractivity (Wildman–Crippen MR) is 71.2 cm³/mol. The van der Waals surface area contributed by atoms with Gasteiger partial charge in [-0.1, -0.05) is 0 Å². The van der Waals surface area contributed by atoms with Gasteiger partial charge in [0.1, 0.15) is 18.7 Å². The van der Waals surface area contributed by atoms with Gasteiger partial charge in [-0.25, -0.2) is 15.0 Å². The Hall–Kier alpha value is -2.10. The number of ether oxygens (including phenoxy) is 1. The van der Waals surface area contributed by atoms with Crippen molar-refractivity contribution in [3.8, 4) is 0 Å². The lowest BCUT2D eigenvalue weighted by Gasteiger charge is -2.13. The average molecular weight is 293 g/mol. The summed E-state index contributed by atoms with van der Waals surface area (Å²) in [5.74, 6) is 0.0703. The predicted octanol–water partition coefficient (Wildman–Crippen LogP) is -0.575. The quantitative estimate of drug-likeness (QED) is 0.692. The van der Waals surface area contributed by atoms with Gasteiger partial charge in [0.05, 0.1) is 19.0 Å². The summed E-state index contributed by atoms with van der Waals surface area (Å²) in [6.07, 6.45) is 1.33. The number of nitrogens with one attached hydrogen (secondary N) is 1. The minimum absolute atomic E-state index is 0.252. The Labute approximate surface area is 119 Å². The molecule has 3 heterocycles. The summed E-state index contributed by atoms with van der Waals surface area (Å²) in [4.78, 5) is 23.5. The molecule has 112 valence electrons. The first-order chi connectivity index (χ1) is 10.1. The van der Waals surface area contributed by atoms with Crippen molar-refractivity contribution in [3.05, 3.63) is 12.7 Å². The highest BCUT2D eigenvalue weighted by molar-refractivity contribution is 5.95. The maximum atomic E-state index is 11.2. The SMILES string of the molecule is CC(=O)Nc1ncnc2c1ncn2[C@H]1C[C@@H](O)C(CO)O1. The molecule has 21 heavy (non-hydrogen) atoms. The number of nitrogens with zero attached hydrogens (tertiary/aromatic N) is 4. The molecule has 1 saturated heterocycles. The Bertz CT molecular complexity index is 673. The van der Waals surface area contributed by atoms with Crippen molar-refractivity contribution < 1.29 is 19.7 Å². The average Bonchev–Trinajstić information content (AvgIpc) is 3.02. The van der Waals surface area contributed by atoms with Gasteiger partial charge in [-0.15, -0.1) is 0 Å². The lowest BCUT2D eigenvalue weighted by Crippen LogP contribution is -2.24. The van der Waals surface area contributed by atoms with Crippen molar-refractivity contribution in [2.24, 2.45) is 0 Å². The van der Waals surface area contributed by atoms with Gasteiger partial charge in [-0.3, -0.25) is 9.36 Å². The molecule has 9 nitrogen and oxygen atoms in total. The molecule has 0 aromatic carbocycles. The van der Waals surface area contributed by atoms with Gasteiger partial charge in [0.15, 0.2) is 17.0 Å². The lowest BCUT2D eigenvalue weighted by atomic mass is 10.2. The highest BCUT2D eigenvalue weighted by Gasteiger charge is 2.35. The van der Waals surface area contributed by atoms with Crippen LogP contribution < -0.4 is 5.32 Å². The van der Waals surface area contributed by atoms with Crippen LogP contribution in [0.3, 0.4) is 0 Å². The van der Waals surface area contributed by atoms with E-state index < -0.39 is 18.4 Å². The Morgan fingerprint density at radius 3 is 3.00 bits per heavy atom. The van der Waals surface area contributed by atoms with Crippen molar-refractivity contribution in [1.29, 1.82) is 0 Å². The van der Waals surface area contributed by atoms with Crippen molar-refractivity contribution in [1.82, 2.24) is 19.5 Å². The maximum absolute atomic E-state index is 11.2. The van der Waals surface area contributed by atoms with Crippen LogP contribution in [0.15, 0.2) is 12.7 Å². The number of rotatable bonds is 3. The summed E-state index contributed by atoms with van der Waals surface area (Å²) < 4.78 is 7.23. The number of carbonyl (C=O) groups is 1. The molecule has 0 saturated carbocycles. The van der Waals surface area contributed by atoms with E-state index in [2.05, 4.69) is 20.3 Å². The van der Waals surface area contributed by atoms with Crippen molar-refractivity contribution in [3.63, 3.8) is 0 Å². The van der Waals surface area contributed by atoms with Gasteiger partial charge >= 0.3 is 0 Å². The van der Waals surface area contributed by atoms with Crippen LogP contribution in [0.2, 0.25) is 0 Å². The fourth-order valence-corrected chi connectivity index (χ4v) is 2.37. The van der Waals surface area contributed by atoms with E-state index in [1.54, 1.807) is 4.57 Å². The number of fused-ring (bicyclic) bond motifs is 1. The van der Waals surface area contributed by atoms with E-state index in [9.17, 15) is 9.90 Å². The largest absolute Gasteiger partial charge is 0.394 e. The van der Waals surface area contributed by atoms with Gasteiger partial charge in [0, 0.05) is 13.3 Å². The van der Waals surface area contributed by atoms with E-state index >= 15 is 0 Å². The second-order valence-corrected chi connectivity index (χ2v) is 4.84. The van der Waals surface area contributed by atoms with Crippen LogP contribution in [0.1, 0.15) is 19.6 Å². The molecule has 1 aliphatic heterocycles. The topological polar surface area (TPSA) is 122 Å². The number of imidazole rings is 1. The fraction of sp³-hybridized carbons (Fsp3) is 0.500. The maximum Gasteiger partial charge on any atom is 0.222 e. The third-order valence-corrected chi connectivity index (χ3v) is 3.35. The first-order valence-corrected chi connectivity index (χ1v) is 6.49. The molecular formula is C12H15N5O4. The molecule has 2 aromatic rings. The van der Waals surface area contributed by atoms with Crippen molar-refractivity contribution >= 4 is 22.9 Å². The summed E-state index contributed by atoms with van der Waals surface area (Å²) in [6.45, 7) is 1.13. The van der Waals surface area contributed by atoms with Crippen LogP contribution in [-0.4, -0.2) is 54.5 Å². The molecular weight excluding hydrogens is 278 g/mol. The first-order valence-electron chi connectivity index (χ1n) is 6.49. The van der Waals surface area contributed by atoms with Crippen LogP contribution >= 0.6 is 0 Å². The summed E-state index contributed by atoms with van der Waals surface area (Å²) >= 11 is 0. The summed E-state index contributed by atoms with van der Waals surface area (Å²) in [5, 5.41) is 21.5. The molecule has 9 heteroatoms. The molecule has 2 aromatic heterocycles. The Morgan fingerprint density at radius 2 is 2.33 bits per heavy atom. The van der Waals surface area contributed by atoms with Gasteiger partial charge in [0.2, 0.25) is 5.91 Å². The summed E-state index contributed by atoms with van der Waals surface area (Å²) in [5.41, 5.74) is 0.933. The monoisotopic (exact) mass is 293 g/mol. The number of aromatic nitrogens is 4. The zero-order valence-electron chi connectivity index (χ0n) is 11.3. The van der Waals surface area contributed by atoms with Crippen LogP contribution in [0.4, 0.5) is 5.82 Å². The number of carbonyl (C=O) groups excluding carboxylic acids is 1. The molecule has 0 radical (unpaired) electrons. The smallest absolute Gasteiger partial charge is 0.222 e. The van der Waals surface area contributed by atoms with E-state index in [1.165, 1.54) is 19.6 Å². The number of hydrogen-bond acceptors (Lipinski definition) is 7. The van der Waals surface area contributed by atoms with Gasteiger partial charge < -0.3 is 20.3 Å². The van der Waals surface area contributed by atoms with Crippen molar-refractivity contribution in [2.75, 3.05) is 11.9 Å². The van der Waals surface area contributed by atoms with Gasteiger partial charge in [-0.2, -0.15) is 0 Å². The van der Waals surface area contributed by atoms with E-state index in [0.717, 1.165) is 0 Å². The molecule has 3 N–H and O–H groups in total. The van der Waals surface area contributed by atoms with Crippen LogP contribution in [0.25, 0.3) is 11.2 Å². The van der Waals surface area contributed by atoms with Crippen molar-refractivity contribution in [2.45, 2.75) is 31.8 Å². The van der Waals surface area contributed by atoms with Gasteiger partial charge in [-0.05, 0) is 0 Å². The molecule has 0 spiro atoms. The second-order valence-electron chi connectivity index (χ2n) is 4.84. The molecule has 1 unspecified atom stereocenters. The number of anilines is 1. The lowest BCUT2D eigenvalue weighted by molar-refractivity contribution is -0.114. The van der Waals surface area contributed by atoms with E-state index in [-0.39, 0.29) is 12.5 Å². The molecule has 1 amide bonds. The zero-order chi connectivity index (χ0) is 15.0. The molecule has 0 aliphatic carbocycles. The molecule has 3 rings (SSSR count). The summed E-state index contributed by atoms with van der Waals surface area (Å²) in [7, 11) is 0. The van der Waals surface area contributed by atoms with E-state index in [1.807, 2.05) is 0 Å². The molecule has 0 bridgehead atoms. The number of amides is 1. The Balaban J connectivity index is 1.96. The molecule has 1 aliphatic rings. The number of aliphatic hydroxyl groups excluding tert-OH is 2. The third kappa shape index (κ3) is 2.46. The van der Waals surface area contributed by atoms with E-state index in [0.29, 0.717) is 23.4 Å². The Morgan fingerprint density at radius 1 is 1.52 bits per heavy atom. The minimum atomic E-state index is -0.742. The number of hydrogen-bond donors (Lipinski definition) is 3. The minimum Gasteiger partial charge on any atom is -0.394 e. The molecule has 1 fully saturated rings. The highest BCUT2D eigenvalue weighted by atomic mass is 16.5.